The summed E-state index contributed by atoms with van der Waals surface area (Å²) in [5, 5.41) is 10.5. The van der Waals surface area contributed by atoms with Crippen LogP contribution in [0, 0.1) is 0 Å². The van der Waals surface area contributed by atoms with E-state index in [4.69, 9.17) is 5.73 Å². The van der Waals surface area contributed by atoms with E-state index < -0.39 is 0 Å². The number of rotatable bonds is 5. The molecule has 0 saturated carbocycles. The van der Waals surface area contributed by atoms with Crippen molar-refractivity contribution >= 4 is 23.5 Å². The van der Waals surface area contributed by atoms with Gasteiger partial charge in [0.2, 0.25) is 0 Å². The molecule has 0 radical (unpaired) electrons. The zero-order valence-corrected chi connectivity index (χ0v) is 14.2. The van der Waals surface area contributed by atoms with Gasteiger partial charge in [0.25, 0.3) is 5.91 Å². The van der Waals surface area contributed by atoms with Crippen molar-refractivity contribution in [2.45, 2.75) is 11.7 Å². The second kappa shape index (κ2) is 6.79. The Morgan fingerprint density at radius 1 is 1.38 bits per heavy atom. The maximum Gasteiger partial charge on any atom is 0.270 e. The molecule has 0 aliphatic heterocycles. The minimum atomic E-state index is -0.259. The fourth-order valence-electron chi connectivity index (χ4n) is 2.46. The summed E-state index contributed by atoms with van der Waals surface area (Å²) in [6.07, 6.45) is 3.72. The third-order valence-corrected chi connectivity index (χ3v) is 4.48. The van der Waals surface area contributed by atoms with Gasteiger partial charge in [0.05, 0.1) is 24.0 Å². The van der Waals surface area contributed by atoms with Gasteiger partial charge in [0.1, 0.15) is 5.69 Å². The topological polar surface area (TPSA) is 102 Å². The van der Waals surface area contributed by atoms with Gasteiger partial charge < -0.3 is 15.6 Å². The number of nitrogens with zero attached hydrogens (tertiary/aromatic N) is 3. The number of amides is 1. The summed E-state index contributed by atoms with van der Waals surface area (Å²) in [4.78, 5) is 16.8. The second-order valence-corrected chi connectivity index (χ2v) is 5.98. The fraction of sp³-hybridized carbons (Fsp3) is 0.188. The minimum absolute atomic E-state index is 0.259. The lowest BCUT2D eigenvalue weighted by Crippen LogP contribution is -2.25. The second-order valence-electron chi connectivity index (χ2n) is 5.20. The van der Waals surface area contributed by atoms with Crippen LogP contribution in [-0.2, 0) is 13.6 Å². The summed E-state index contributed by atoms with van der Waals surface area (Å²) in [7, 11) is 1.92. The molecule has 24 heavy (non-hydrogen) atoms. The number of H-pyrrole nitrogens is 1. The van der Waals surface area contributed by atoms with Crippen molar-refractivity contribution in [3.63, 3.8) is 0 Å². The molecule has 0 spiro atoms. The zero-order chi connectivity index (χ0) is 17.1. The van der Waals surface area contributed by atoms with Gasteiger partial charge in [-0.15, -0.1) is 0 Å². The monoisotopic (exact) mass is 342 g/mol. The van der Waals surface area contributed by atoms with E-state index in [1.165, 1.54) is 0 Å². The number of hydrogen-bond donors (Lipinski definition) is 3. The molecule has 3 rings (SSSR count). The molecule has 1 amide bonds. The SMILES string of the molecule is CSc1ncc(CNC(=O)c2[nH]nc(N)c2-c2ccccc2)n1C. The molecule has 0 aliphatic rings. The van der Waals surface area contributed by atoms with E-state index in [-0.39, 0.29) is 5.91 Å². The Kier molecular flexibility index (Phi) is 4.57. The molecule has 0 fully saturated rings. The standard InChI is InChI=1S/C16H18N6OS/c1-22-11(9-19-16(22)24-2)8-18-15(23)13-12(14(17)21-20-13)10-6-4-3-5-7-10/h3-7,9H,8H2,1-2H3,(H,18,23)(H3,17,20,21). The molecule has 124 valence electrons. The number of nitrogen functional groups attached to an aromatic ring is 1. The Morgan fingerprint density at radius 2 is 2.12 bits per heavy atom. The Bertz CT molecular complexity index is 855. The predicted octanol–water partition coefficient (Wildman–Crippen LogP) is 2.04. The number of aromatic nitrogens is 4. The van der Waals surface area contributed by atoms with Crippen LogP contribution in [0.3, 0.4) is 0 Å². The lowest BCUT2D eigenvalue weighted by Gasteiger charge is -2.07. The van der Waals surface area contributed by atoms with E-state index in [2.05, 4.69) is 20.5 Å². The third kappa shape index (κ3) is 3.00. The molecule has 8 heteroatoms. The first kappa shape index (κ1) is 16.1. The Hall–Kier alpha value is -2.74. The lowest BCUT2D eigenvalue weighted by molar-refractivity contribution is 0.0945. The van der Waals surface area contributed by atoms with Crippen molar-refractivity contribution in [3.8, 4) is 11.1 Å². The van der Waals surface area contributed by atoms with E-state index in [9.17, 15) is 4.79 Å². The fourth-order valence-corrected chi connectivity index (χ4v) is 3.01. The summed E-state index contributed by atoms with van der Waals surface area (Å²) in [6.45, 7) is 0.371. The Balaban J connectivity index is 1.80. The molecule has 7 nitrogen and oxygen atoms in total. The van der Waals surface area contributed by atoms with Crippen LogP contribution >= 0.6 is 11.8 Å². The first-order valence-corrected chi connectivity index (χ1v) is 8.56. The molecule has 0 aliphatic carbocycles. The van der Waals surface area contributed by atoms with Crippen LogP contribution in [0.15, 0.2) is 41.7 Å². The summed E-state index contributed by atoms with van der Waals surface area (Å²) < 4.78 is 1.95. The van der Waals surface area contributed by atoms with Gasteiger partial charge in [-0.2, -0.15) is 5.10 Å². The van der Waals surface area contributed by atoms with Gasteiger partial charge in [0.15, 0.2) is 11.0 Å². The molecule has 0 unspecified atom stereocenters. The van der Waals surface area contributed by atoms with Gasteiger partial charge >= 0.3 is 0 Å². The van der Waals surface area contributed by atoms with Crippen LogP contribution in [0.2, 0.25) is 0 Å². The molecule has 0 atom stereocenters. The first-order valence-electron chi connectivity index (χ1n) is 7.34. The highest BCUT2D eigenvalue weighted by atomic mass is 32.2. The van der Waals surface area contributed by atoms with Gasteiger partial charge in [-0.1, -0.05) is 42.1 Å². The average Bonchev–Trinajstić information content (AvgIpc) is 3.16. The number of aromatic amines is 1. The van der Waals surface area contributed by atoms with Crippen LogP contribution in [0.4, 0.5) is 5.82 Å². The number of hydrogen-bond acceptors (Lipinski definition) is 5. The highest BCUT2D eigenvalue weighted by Gasteiger charge is 2.19. The van der Waals surface area contributed by atoms with E-state index >= 15 is 0 Å². The third-order valence-electron chi connectivity index (χ3n) is 3.74. The minimum Gasteiger partial charge on any atom is -0.382 e. The molecule has 3 aromatic rings. The lowest BCUT2D eigenvalue weighted by atomic mass is 10.1. The highest BCUT2D eigenvalue weighted by molar-refractivity contribution is 7.98. The summed E-state index contributed by atoms with van der Waals surface area (Å²) in [5.74, 6) is 0.0431. The number of carbonyl (C=O) groups excluding carboxylic acids is 1. The number of benzene rings is 1. The van der Waals surface area contributed by atoms with Gasteiger partial charge in [-0.05, 0) is 11.8 Å². The van der Waals surface area contributed by atoms with Gasteiger partial charge in [0, 0.05) is 7.05 Å². The van der Waals surface area contributed by atoms with Crippen LogP contribution in [0.25, 0.3) is 11.1 Å². The molecular weight excluding hydrogens is 324 g/mol. The van der Waals surface area contributed by atoms with Crippen molar-refractivity contribution in [1.82, 2.24) is 25.1 Å². The van der Waals surface area contributed by atoms with Gasteiger partial charge in [-0.25, -0.2) is 4.98 Å². The first-order chi connectivity index (χ1) is 11.6. The molecule has 2 aromatic heterocycles. The van der Waals surface area contributed by atoms with Crippen LogP contribution in [0.5, 0.6) is 0 Å². The molecular formula is C16H18N6OS. The van der Waals surface area contributed by atoms with Crippen molar-refractivity contribution in [1.29, 1.82) is 0 Å². The summed E-state index contributed by atoms with van der Waals surface area (Å²) in [6, 6.07) is 9.48. The molecule has 2 heterocycles. The van der Waals surface area contributed by atoms with Crippen molar-refractivity contribution in [2.24, 2.45) is 7.05 Å². The number of carbonyl (C=O) groups is 1. The number of nitrogens with two attached hydrogens (primary N) is 1. The van der Waals surface area contributed by atoms with E-state index in [1.54, 1.807) is 18.0 Å². The van der Waals surface area contributed by atoms with Crippen LogP contribution in [0.1, 0.15) is 16.2 Å². The number of anilines is 1. The Labute approximate surface area is 143 Å². The number of thioether (sulfide) groups is 1. The van der Waals surface area contributed by atoms with E-state index in [1.807, 2.05) is 48.2 Å². The number of imidazole rings is 1. The Morgan fingerprint density at radius 3 is 2.79 bits per heavy atom. The largest absolute Gasteiger partial charge is 0.382 e. The highest BCUT2D eigenvalue weighted by Crippen LogP contribution is 2.27. The van der Waals surface area contributed by atoms with Gasteiger partial charge in [-0.3, -0.25) is 9.89 Å². The maximum absolute atomic E-state index is 12.5. The maximum atomic E-state index is 12.5. The molecule has 0 saturated heterocycles. The predicted molar refractivity (Wildman–Crippen MR) is 94.6 cm³/mol. The van der Waals surface area contributed by atoms with Crippen LogP contribution < -0.4 is 11.1 Å². The van der Waals surface area contributed by atoms with Crippen molar-refractivity contribution < 1.29 is 4.79 Å². The quantitative estimate of drug-likeness (QED) is 0.616. The van der Waals surface area contributed by atoms with Crippen molar-refractivity contribution in [3.05, 3.63) is 47.9 Å². The summed E-state index contributed by atoms with van der Waals surface area (Å²) in [5.41, 5.74) is 8.66. The molecule has 0 bridgehead atoms. The van der Waals surface area contributed by atoms with E-state index in [0.717, 1.165) is 16.4 Å². The molecule has 4 N–H and O–H groups in total. The molecule has 1 aromatic carbocycles. The normalized spacial score (nSPS) is 10.8. The smallest absolute Gasteiger partial charge is 0.270 e. The van der Waals surface area contributed by atoms with Crippen LogP contribution in [-0.4, -0.2) is 31.9 Å². The zero-order valence-electron chi connectivity index (χ0n) is 13.4. The summed E-state index contributed by atoms with van der Waals surface area (Å²) >= 11 is 1.56. The average molecular weight is 342 g/mol. The van der Waals surface area contributed by atoms with E-state index in [0.29, 0.717) is 23.6 Å². The van der Waals surface area contributed by atoms with Crippen molar-refractivity contribution in [2.75, 3.05) is 12.0 Å². The number of nitrogens with one attached hydrogen (secondary N) is 2.